The van der Waals surface area contributed by atoms with Crippen LogP contribution in [-0.4, -0.2) is 26.5 Å². The molecule has 3 rings (SSSR count). The Labute approximate surface area is 150 Å². The molecule has 1 heterocycles. The molecule has 0 saturated carbocycles. The highest BCUT2D eigenvalue weighted by atomic mass is 16.4. The number of carboxylic acids is 1. The summed E-state index contributed by atoms with van der Waals surface area (Å²) in [7, 11) is 0. The third-order valence-electron chi connectivity index (χ3n) is 3.94. The number of hydrogen-bond donors (Lipinski definition) is 2. The van der Waals surface area contributed by atoms with Gasteiger partial charge in [-0.2, -0.15) is 0 Å². The van der Waals surface area contributed by atoms with Gasteiger partial charge in [-0.3, -0.25) is 4.79 Å². The number of ketones is 1. The highest BCUT2D eigenvalue weighted by molar-refractivity contribution is 6.06. The molecule has 0 aliphatic carbocycles. The van der Waals surface area contributed by atoms with Gasteiger partial charge in [-0.05, 0) is 23.8 Å². The number of carbonyl (C=O) groups is 2. The second kappa shape index (κ2) is 7.53. The summed E-state index contributed by atoms with van der Waals surface area (Å²) in [6.45, 7) is 0.697. The number of allylic oxidation sites excluding steroid dienone is 2. The van der Waals surface area contributed by atoms with E-state index in [1.807, 2.05) is 60.8 Å². The molecular formula is C21H17NO4. The van der Waals surface area contributed by atoms with E-state index >= 15 is 0 Å². The molecule has 3 aromatic rings. The first-order chi connectivity index (χ1) is 12.5. The van der Waals surface area contributed by atoms with E-state index < -0.39 is 17.5 Å². The van der Waals surface area contributed by atoms with E-state index in [9.17, 15) is 9.59 Å². The molecule has 0 saturated heterocycles. The second-order valence-corrected chi connectivity index (χ2v) is 5.79. The van der Waals surface area contributed by atoms with Crippen molar-refractivity contribution >= 4 is 28.7 Å². The van der Waals surface area contributed by atoms with Gasteiger partial charge in [0.1, 0.15) is 0 Å². The van der Waals surface area contributed by atoms with Gasteiger partial charge in [-0.1, -0.05) is 48.5 Å². The number of aromatic nitrogens is 1. The Morgan fingerprint density at radius 2 is 1.65 bits per heavy atom. The number of para-hydroxylation sites is 1. The van der Waals surface area contributed by atoms with E-state index in [1.165, 1.54) is 6.08 Å². The van der Waals surface area contributed by atoms with Crippen LogP contribution in [0.15, 0.2) is 78.7 Å². The second-order valence-electron chi connectivity index (χ2n) is 5.79. The van der Waals surface area contributed by atoms with Crippen molar-refractivity contribution in [2.45, 2.75) is 6.54 Å². The maximum Gasteiger partial charge on any atom is 0.371 e. The normalized spacial score (nSPS) is 11.9. The lowest BCUT2D eigenvalue weighted by Crippen LogP contribution is -2.01. The number of benzene rings is 2. The molecule has 0 amide bonds. The fraction of sp³-hybridized carbons (Fsp3) is 0.0476. The van der Waals surface area contributed by atoms with Crippen molar-refractivity contribution in [2.75, 3.05) is 0 Å². The van der Waals surface area contributed by atoms with Crippen LogP contribution >= 0.6 is 0 Å². The first-order valence-electron chi connectivity index (χ1n) is 8.02. The third-order valence-corrected chi connectivity index (χ3v) is 3.94. The molecule has 2 N–H and O–H groups in total. The molecule has 1 aromatic heterocycles. The van der Waals surface area contributed by atoms with E-state index in [4.69, 9.17) is 10.2 Å². The van der Waals surface area contributed by atoms with Gasteiger partial charge in [0.25, 0.3) is 0 Å². The largest absolute Gasteiger partial charge is 0.502 e. The zero-order chi connectivity index (χ0) is 18.5. The molecule has 0 atom stereocenters. The standard InChI is InChI=1S/C21H17NO4/c23-17(12-20(24)21(25)26)11-10-16-14-22(13-15-6-2-1-3-7-15)19-9-5-4-8-18(16)19/h1-12,14,24H,13H2,(H,25,26)/b11-10+,20-12-. The van der Waals surface area contributed by atoms with Crippen LogP contribution in [0, 0.1) is 0 Å². The number of nitrogens with zero attached hydrogens (tertiary/aromatic N) is 1. The molecule has 0 fully saturated rings. The molecule has 0 unspecified atom stereocenters. The lowest BCUT2D eigenvalue weighted by molar-refractivity contribution is -0.135. The van der Waals surface area contributed by atoms with Crippen LogP contribution in [0.4, 0.5) is 0 Å². The summed E-state index contributed by atoms with van der Waals surface area (Å²) in [4.78, 5) is 22.3. The van der Waals surface area contributed by atoms with Crippen molar-refractivity contribution in [3.63, 3.8) is 0 Å². The maximum absolute atomic E-state index is 11.8. The van der Waals surface area contributed by atoms with Gasteiger partial charge in [-0.25, -0.2) is 4.79 Å². The van der Waals surface area contributed by atoms with Gasteiger partial charge in [0.2, 0.25) is 5.76 Å². The Morgan fingerprint density at radius 3 is 2.38 bits per heavy atom. The van der Waals surface area contributed by atoms with Crippen molar-refractivity contribution < 1.29 is 19.8 Å². The number of aliphatic hydroxyl groups is 1. The quantitative estimate of drug-likeness (QED) is 0.525. The van der Waals surface area contributed by atoms with Crippen molar-refractivity contribution in [3.05, 3.63) is 89.8 Å². The minimum Gasteiger partial charge on any atom is -0.502 e. The zero-order valence-corrected chi connectivity index (χ0v) is 13.9. The topological polar surface area (TPSA) is 79.5 Å². The molecule has 0 aliphatic heterocycles. The number of hydrogen-bond acceptors (Lipinski definition) is 3. The summed E-state index contributed by atoms with van der Waals surface area (Å²) < 4.78 is 2.10. The first kappa shape index (κ1) is 17.2. The van der Waals surface area contributed by atoms with Gasteiger partial charge in [-0.15, -0.1) is 0 Å². The summed E-state index contributed by atoms with van der Waals surface area (Å²) in [5.74, 6) is -3.11. The monoisotopic (exact) mass is 347 g/mol. The fourth-order valence-corrected chi connectivity index (χ4v) is 2.74. The third kappa shape index (κ3) is 3.89. The molecule has 5 heteroatoms. The number of fused-ring (bicyclic) bond motifs is 1. The predicted molar refractivity (Wildman–Crippen MR) is 99.9 cm³/mol. The summed E-state index contributed by atoms with van der Waals surface area (Å²) >= 11 is 0. The molecule has 130 valence electrons. The van der Waals surface area contributed by atoms with Gasteiger partial charge >= 0.3 is 5.97 Å². The van der Waals surface area contributed by atoms with Crippen LogP contribution in [0.5, 0.6) is 0 Å². The zero-order valence-electron chi connectivity index (χ0n) is 13.9. The summed E-state index contributed by atoms with van der Waals surface area (Å²) in [5, 5.41) is 18.7. The molecule has 0 radical (unpaired) electrons. The van der Waals surface area contributed by atoms with Crippen LogP contribution in [0.2, 0.25) is 0 Å². The molecule has 0 spiro atoms. The molecule has 26 heavy (non-hydrogen) atoms. The number of aliphatic hydroxyl groups excluding tert-OH is 1. The predicted octanol–water partition coefficient (Wildman–Crippen LogP) is 3.80. The van der Waals surface area contributed by atoms with Crippen LogP contribution < -0.4 is 0 Å². The highest BCUT2D eigenvalue weighted by Crippen LogP contribution is 2.23. The van der Waals surface area contributed by atoms with E-state index in [0.717, 1.165) is 22.0 Å². The van der Waals surface area contributed by atoms with Crippen molar-refractivity contribution in [3.8, 4) is 0 Å². The number of aliphatic carboxylic acids is 1. The van der Waals surface area contributed by atoms with Gasteiger partial charge in [0, 0.05) is 35.3 Å². The summed E-state index contributed by atoms with van der Waals surface area (Å²) in [6, 6.07) is 17.9. The van der Waals surface area contributed by atoms with Crippen molar-refractivity contribution in [2.24, 2.45) is 0 Å². The number of carbonyl (C=O) groups excluding carboxylic acids is 1. The summed E-state index contributed by atoms with van der Waals surface area (Å²) in [6.07, 6.45) is 5.50. The SMILES string of the molecule is O=C(/C=C(\O)C(=O)O)/C=C/c1cn(Cc2ccccc2)c2ccccc12. The Hall–Kier alpha value is -3.60. The minimum atomic E-state index is -1.54. The Balaban J connectivity index is 1.92. The van der Waals surface area contributed by atoms with Gasteiger partial charge < -0.3 is 14.8 Å². The Kier molecular flexibility index (Phi) is 4.99. The Bertz CT molecular complexity index is 1010. The van der Waals surface area contributed by atoms with Crippen LogP contribution in [0.3, 0.4) is 0 Å². The van der Waals surface area contributed by atoms with Gasteiger partial charge in [0.15, 0.2) is 5.78 Å². The van der Waals surface area contributed by atoms with Gasteiger partial charge in [0.05, 0.1) is 0 Å². The van der Waals surface area contributed by atoms with E-state index in [2.05, 4.69) is 4.57 Å². The Morgan fingerprint density at radius 1 is 0.962 bits per heavy atom. The summed E-state index contributed by atoms with van der Waals surface area (Å²) in [5.41, 5.74) is 3.04. The molecular weight excluding hydrogens is 330 g/mol. The van der Waals surface area contributed by atoms with E-state index in [0.29, 0.717) is 12.6 Å². The van der Waals surface area contributed by atoms with Crippen LogP contribution in [0.25, 0.3) is 17.0 Å². The van der Waals surface area contributed by atoms with Crippen molar-refractivity contribution in [1.82, 2.24) is 4.57 Å². The molecule has 0 bridgehead atoms. The highest BCUT2D eigenvalue weighted by Gasteiger charge is 2.08. The minimum absolute atomic E-state index is 0.593. The van der Waals surface area contributed by atoms with E-state index in [-0.39, 0.29) is 0 Å². The van der Waals surface area contributed by atoms with Crippen LogP contribution in [0.1, 0.15) is 11.1 Å². The smallest absolute Gasteiger partial charge is 0.371 e. The number of carboxylic acid groups (broad SMARTS) is 1. The fourth-order valence-electron chi connectivity index (χ4n) is 2.74. The maximum atomic E-state index is 11.8. The first-order valence-corrected chi connectivity index (χ1v) is 8.02. The van der Waals surface area contributed by atoms with Crippen LogP contribution in [-0.2, 0) is 16.1 Å². The molecule has 0 aliphatic rings. The van der Waals surface area contributed by atoms with E-state index in [1.54, 1.807) is 6.08 Å². The average molecular weight is 347 g/mol. The average Bonchev–Trinajstić information content (AvgIpc) is 2.98. The molecule has 2 aromatic carbocycles. The van der Waals surface area contributed by atoms with Crippen molar-refractivity contribution in [1.29, 1.82) is 0 Å². The molecule has 5 nitrogen and oxygen atoms in total. The lowest BCUT2D eigenvalue weighted by Gasteiger charge is -2.05. The lowest BCUT2D eigenvalue weighted by atomic mass is 10.1. The number of rotatable bonds is 6.